The van der Waals surface area contributed by atoms with Crippen molar-refractivity contribution in [2.75, 3.05) is 5.32 Å². The molecule has 1 aromatic heterocycles. The lowest BCUT2D eigenvalue weighted by Crippen LogP contribution is -1.90. The molecule has 1 N–H and O–H groups in total. The summed E-state index contributed by atoms with van der Waals surface area (Å²) in [4.78, 5) is 4.04. The van der Waals surface area contributed by atoms with Gasteiger partial charge in [0.15, 0.2) is 5.13 Å². The number of thiazole rings is 1. The largest absolute Gasteiger partial charge is 0.330 e. The second-order valence-electron chi connectivity index (χ2n) is 2.85. The summed E-state index contributed by atoms with van der Waals surface area (Å²) in [6.07, 6.45) is 0. The van der Waals surface area contributed by atoms with Gasteiger partial charge >= 0.3 is 0 Å². The van der Waals surface area contributed by atoms with Gasteiger partial charge in [-0.05, 0) is 12.1 Å². The molecule has 2 nitrogen and oxygen atoms in total. The lowest BCUT2D eigenvalue weighted by atomic mass is 10.3. The third kappa shape index (κ3) is 2.73. The Bertz CT molecular complexity index is 526. The van der Waals surface area contributed by atoms with Crippen LogP contribution in [0.25, 0.3) is 0 Å². The van der Waals surface area contributed by atoms with E-state index in [0.717, 1.165) is 0 Å². The highest BCUT2D eigenvalue weighted by molar-refractivity contribution is 7.14. The molecule has 0 amide bonds. The van der Waals surface area contributed by atoms with Crippen LogP contribution in [0.5, 0.6) is 0 Å². The maximum atomic E-state index is 6.00. The lowest BCUT2D eigenvalue weighted by molar-refractivity contribution is 1.39. The Morgan fingerprint density at radius 2 is 1.69 bits per heavy atom. The first-order chi connectivity index (χ1) is 7.56. The molecule has 0 saturated heterocycles. The van der Waals surface area contributed by atoms with Crippen molar-refractivity contribution in [1.82, 2.24) is 4.98 Å². The second-order valence-corrected chi connectivity index (χ2v) is 5.31. The summed E-state index contributed by atoms with van der Waals surface area (Å²) in [6, 6.07) is 3.21. The molecule has 2 aromatic rings. The minimum absolute atomic E-state index is 0.411. The molecule has 1 heterocycles. The SMILES string of the molecule is Clc1csc(Nc2cc(Cl)c(Cl)cc2Cl)n1. The van der Waals surface area contributed by atoms with E-state index in [0.29, 0.717) is 31.0 Å². The van der Waals surface area contributed by atoms with Crippen LogP contribution in [-0.2, 0) is 0 Å². The quantitative estimate of drug-likeness (QED) is 0.740. The van der Waals surface area contributed by atoms with E-state index in [1.54, 1.807) is 17.5 Å². The first-order valence-corrected chi connectivity index (χ1v) is 6.48. The number of rotatable bonds is 2. The molecule has 84 valence electrons. The normalized spacial score (nSPS) is 10.5. The number of nitrogens with one attached hydrogen (secondary N) is 1. The van der Waals surface area contributed by atoms with Gasteiger partial charge in [-0.3, -0.25) is 0 Å². The highest BCUT2D eigenvalue weighted by Gasteiger charge is 2.07. The predicted molar refractivity (Wildman–Crippen MR) is 71.9 cm³/mol. The van der Waals surface area contributed by atoms with Crippen molar-refractivity contribution in [2.45, 2.75) is 0 Å². The summed E-state index contributed by atoms with van der Waals surface area (Å²) in [5.41, 5.74) is 0.641. The van der Waals surface area contributed by atoms with E-state index in [1.165, 1.54) is 11.3 Å². The number of halogens is 4. The second kappa shape index (κ2) is 4.98. The van der Waals surface area contributed by atoms with E-state index >= 15 is 0 Å². The van der Waals surface area contributed by atoms with Gasteiger partial charge in [0, 0.05) is 5.38 Å². The summed E-state index contributed by atoms with van der Waals surface area (Å²) < 4.78 is 0. The minimum atomic E-state index is 0.411. The van der Waals surface area contributed by atoms with Crippen molar-refractivity contribution in [2.24, 2.45) is 0 Å². The molecule has 16 heavy (non-hydrogen) atoms. The van der Waals surface area contributed by atoms with Gasteiger partial charge in [-0.15, -0.1) is 11.3 Å². The smallest absolute Gasteiger partial charge is 0.188 e. The zero-order chi connectivity index (χ0) is 11.7. The van der Waals surface area contributed by atoms with E-state index < -0.39 is 0 Å². The van der Waals surface area contributed by atoms with Crippen molar-refractivity contribution in [3.63, 3.8) is 0 Å². The van der Waals surface area contributed by atoms with Gasteiger partial charge in [0.1, 0.15) is 5.15 Å². The van der Waals surface area contributed by atoms with Crippen molar-refractivity contribution >= 4 is 68.6 Å². The molecule has 0 atom stereocenters. The first kappa shape index (κ1) is 12.3. The fraction of sp³-hybridized carbons (Fsp3) is 0. The van der Waals surface area contributed by atoms with Gasteiger partial charge < -0.3 is 5.32 Å². The molecule has 0 radical (unpaired) electrons. The number of anilines is 2. The Balaban J connectivity index is 2.31. The third-order valence-electron chi connectivity index (χ3n) is 1.73. The van der Waals surface area contributed by atoms with E-state index in [1.807, 2.05) is 0 Å². The molecule has 0 aliphatic carbocycles. The summed E-state index contributed by atoms with van der Waals surface area (Å²) >= 11 is 24.8. The summed E-state index contributed by atoms with van der Waals surface area (Å²) in [7, 11) is 0. The molecule has 0 bridgehead atoms. The average Bonchev–Trinajstić information content (AvgIpc) is 2.60. The Kier molecular flexibility index (Phi) is 3.82. The van der Waals surface area contributed by atoms with Crippen LogP contribution in [-0.4, -0.2) is 4.98 Å². The Labute approximate surface area is 116 Å². The van der Waals surface area contributed by atoms with Gasteiger partial charge in [-0.2, -0.15) is 0 Å². The topological polar surface area (TPSA) is 24.9 Å². The summed E-state index contributed by atoms with van der Waals surface area (Å²) in [5, 5.41) is 7.12. The van der Waals surface area contributed by atoms with Crippen LogP contribution < -0.4 is 5.32 Å². The monoisotopic (exact) mass is 312 g/mol. The maximum absolute atomic E-state index is 6.00. The Morgan fingerprint density at radius 3 is 2.31 bits per heavy atom. The minimum Gasteiger partial charge on any atom is -0.330 e. The van der Waals surface area contributed by atoms with E-state index in [9.17, 15) is 0 Å². The fourth-order valence-corrected chi connectivity index (χ4v) is 2.49. The van der Waals surface area contributed by atoms with Crippen LogP contribution >= 0.6 is 57.7 Å². The van der Waals surface area contributed by atoms with Crippen LogP contribution in [0.15, 0.2) is 17.5 Å². The maximum Gasteiger partial charge on any atom is 0.188 e. The van der Waals surface area contributed by atoms with E-state index in [4.69, 9.17) is 46.4 Å². The third-order valence-corrected chi connectivity index (χ3v) is 3.84. The van der Waals surface area contributed by atoms with Gasteiger partial charge in [0.25, 0.3) is 0 Å². The molecule has 0 fully saturated rings. The van der Waals surface area contributed by atoms with E-state index in [2.05, 4.69) is 10.3 Å². The van der Waals surface area contributed by atoms with Gasteiger partial charge in [-0.25, -0.2) is 4.98 Å². The van der Waals surface area contributed by atoms with Crippen molar-refractivity contribution < 1.29 is 0 Å². The molecule has 0 saturated carbocycles. The molecular weight excluding hydrogens is 310 g/mol. The fourth-order valence-electron chi connectivity index (χ4n) is 1.05. The van der Waals surface area contributed by atoms with Crippen molar-refractivity contribution in [3.8, 4) is 0 Å². The zero-order valence-electron chi connectivity index (χ0n) is 7.60. The predicted octanol–water partition coefficient (Wildman–Crippen LogP) is 5.50. The standard InChI is InChI=1S/C9H4Cl4N2S/c10-4-1-6(12)7(2-5(4)11)14-9-15-8(13)3-16-9/h1-3H,(H,14,15). The van der Waals surface area contributed by atoms with Gasteiger partial charge in [0.05, 0.1) is 20.8 Å². The van der Waals surface area contributed by atoms with Gasteiger partial charge in [0.2, 0.25) is 0 Å². The molecular formula is C9H4Cl4N2S. The molecule has 7 heteroatoms. The molecule has 0 unspecified atom stereocenters. The van der Waals surface area contributed by atoms with Crippen molar-refractivity contribution in [3.05, 3.63) is 37.7 Å². The number of nitrogens with zero attached hydrogens (tertiary/aromatic N) is 1. The first-order valence-electron chi connectivity index (χ1n) is 4.09. The Morgan fingerprint density at radius 1 is 1.00 bits per heavy atom. The van der Waals surface area contributed by atoms with Crippen LogP contribution in [0.4, 0.5) is 10.8 Å². The van der Waals surface area contributed by atoms with E-state index in [-0.39, 0.29) is 0 Å². The zero-order valence-corrected chi connectivity index (χ0v) is 11.4. The van der Waals surface area contributed by atoms with Crippen LogP contribution in [0.1, 0.15) is 0 Å². The molecule has 0 aliphatic rings. The van der Waals surface area contributed by atoms with Crippen LogP contribution in [0, 0.1) is 0 Å². The van der Waals surface area contributed by atoms with Gasteiger partial charge in [-0.1, -0.05) is 46.4 Å². The number of benzene rings is 1. The number of hydrogen-bond acceptors (Lipinski definition) is 3. The summed E-state index contributed by atoms with van der Waals surface area (Å²) in [6.45, 7) is 0. The lowest BCUT2D eigenvalue weighted by Gasteiger charge is -2.06. The summed E-state index contributed by atoms with van der Waals surface area (Å²) in [5.74, 6) is 0. The van der Waals surface area contributed by atoms with Crippen molar-refractivity contribution in [1.29, 1.82) is 0 Å². The van der Waals surface area contributed by atoms with Crippen LogP contribution in [0.2, 0.25) is 20.2 Å². The highest BCUT2D eigenvalue weighted by atomic mass is 35.5. The average molecular weight is 314 g/mol. The molecule has 0 spiro atoms. The molecule has 2 rings (SSSR count). The number of hydrogen-bond donors (Lipinski definition) is 1. The molecule has 0 aliphatic heterocycles. The Hall–Kier alpha value is -0.190. The van der Waals surface area contributed by atoms with Crippen LogP contribution in [0.3, 0.4) is 0 Å². The highest BCUT2D eigenvalue weighted by Crippen LogP contribution is 2.34. The number of aromatic nitrogens is 1. The molecule has 1 aromatic carbocycles.